The van der Waals surface area contributed by atoms with E-state index in [1.165, 1.54) is 24.2 Å². The van der Waals surface area contributed by atoms with E-state index >= 15 is 0 Å². The van der Waals surface area contributed by atoms with Gasteiger partial charge < -0.3 is 10.5 Å². The number of rotatable bonds is 3. The van der Waals surface area contributed by atoms with E-state index in [0.717, 1.165) is 4.80 Å². The van der Waals surface area contributed by atoms with Gasteiger partial charge in [-0.3, -0.25) is 14.7 Å². The van der Waals surface area contributed by atoms with Gasteiger partial charge in [-0.25, -0.2) is 9.78 Å². The maximum Gasteiger partial charge on any atom is 0.412 e. The van der Waals surface area contributed by atoms with Crippen molar-refractivity contribution < 1.29 is 14.3 Å². The van der Waals surface area contributed by atoms with Gasteiger partial charge in [-0.1, -0.05) is 6.07 Å². The molecule has 3 N–H and O–H groups in total. The van der Waals surface area contributed by atoms with E-state index in [9.17, 15) is 9.59 Å². The highest BCUT2D eigenvalue weighted by Crippen LogP contribution is 2.18. The molecule has 0 aliphatic heterocycles. The number of ether oxygens (including phenoxy) is 1. The third kappa shape index (κ3) is 2.81. The van der Waals surface area contributed by atoms with Crippen molar-refractivity contribution in [2.24, 2.45) is 0 Å². The Morgan fingerprint density at radius 2 is 2.22 bits per heavy atom. The van der Waals surface area contributed by atoms with E-state index in [0.29, 0.717) is 16.7 Å². The summed E-state index contributed by atoms with van der Waals surface area (Å²) in [5, 5.41) is 10.2. The van der Waals surface area contributed by atoms with Crippen LogP contribution in [-0.2, 0) is 11.3 Å². The Kier molecular flexibility index (Phi) is 3.63. The predicted octanol–water partition coefficient (Wildman–Crippen LogP) is 0.729. The Morgan fingerprint density at radius 3 is 3.00 bits per heavy atom. The third-order valence-corrected chi connectivity index (χ3v) is 3.11. The fourth-order valence-electron chi connectivity index (χ4n) is 2.04. The molecule has 0 fully saturated rings. The van der Waals surface area contributed by atoms with E-state index in [1.54, 1.807) is 18.2 Å². The van der Waals surface area contributed by atoms with Crippen molar-refractivity contribution in [3.8, 4) is 0 Å². The smallest absolute Gasteiger partial charge is 0.412 e. The van der Waals surface area contributed by atoms with Crippen LogP contribution in [0.5, 0.6) is 0 Å². The molecular formula is C13H13N7O3. The molecule has 10 nitrogen and oxygen atoms in total. The molecule has 3 aromatic rings. The number of hydrogen-bond acceptors (Lipinski definition) is 7. The van der Waals surface area contributed by atoms with Crippen molar-refractivity contribution in [1.82, 2.24) is 24.5 Å². The SMILES string of the molecule is COC(=O)Nc1cnn(CC(=O)n2cnc3c(N)cccc32)n1. The Balaban J connectivity index is 1.78. The first-order valence-electron chi connectivity index (χ1n) is 6.58. The van der Waals surface area contributed by atoms with Gasteiger partial charge in [-0.05, 0) is 12.1 Å². The fourth-order valence-corrected chi connectivity index (χ4v) is 2.04. The van der Waals surface area contributed by atoms with Crippen LogP contribution in [0.4, 0.5) is 16.3 Å². The van der Waals surface area contributed by atoms with Crippen LogP contribution in [0.15, 0.2) is 30.7 Å². The van der Waals surface area contributed by atoms with Gasteiger partial charge in [0.1, 0.15) is 18.4 Å². The van der Waals surface area contributed by atoms with Crippen molar-refractivity contribution >= 4 is 34.5 Å². The number of fused-ring (bicyclic) bond motifs is 1. The summed E-state index contributed by atoms with van der Waals surface area (Å²) in [6.07, 6.45) is 2.05. The zero-order valence-electron chi connectivity index (χ0n) is 12.1. The minimum absolute atomic E-state index is 0.122. The van der Waals surface area contributed by atoms with Gasteiger partial charge in [0.2, 0.25) is 0 Å². The van der Waals surface area contributed by atoms with Crippen molar-refractivity contribution in [2.75, 3.05) is 18.2 Å². The first-order chi connectivity index (χ1) is 11.1. The molecule has 0 bridgehead atoms. The number of aromatic nitrogens is 5. The fraction of sp³-hybridized carbons (Fsp3) is 0.154. The number of imidazole rings is 1. The van der Waals surface area contributed by atoms with Gasteiger partial charge in [0.15, 0.2) is 5.82 Å². The molecular weight excluding hydrogens is 302 g/mol. The summed E-state index contributed by atoms with van der Waals surface area (Å²) in [6.45, 7) is -0.122. The van der Waals surface area contributed by atoms with Crippen LogP contribution in [-0.4, -0.2) is 43.7 Å². The van der Waals surface area contributed by atoms with Crippen LogP contribution in [0.25, 0.3) is 11.0 Å². The quantitative estimate of drug-likeness (QED) is 0.681. The molecule has 0 saturated carbocycles. The summed E-state index contributed by atoms with van der Waals surface area (Å²) in [5.41, 5.74) is 7.48. The maximum absolute atomic E-state index is 12.4. The minimum Gasteiger partial charge on any atom is -0.453 e. The molecule has 2 heterocycles. The zero-order valence-corrected chi connectivity index (χ0v) is 12.1. The number of nitrogens with one attached hydrogen (secondary N) is 1. The molecule has 0 aliphatic rings. The number of hydrogen-bond donors (Lipinski definition) is 2. The summed E-state index contributed by atoms with van der Waals surface area (Å²) >= 11 is 0. The lowest BCUT2D eigenvalue weighted by molar-refractivity contribution is 0.0885. The number of nitrogens with zero attached hydrogens (tertiary/aromatic N) is 5. The van der Waals surface area contributed by atoms with Crippen LogP contribution in [0.2, 0.25) is 0 Å². The number of benzene rings is 1. The molecule has 118 valence electrons. The van der Waals surface area contributed by atoms with Gasteiger partial charge in [-0.2, -0.15) is 9.90 Å². The molecule has 0 saturated heterocycles. The summed E-state index contributed by atoms with van der Waals surface area (Å²) in [6, 6.07) is 5.20. The number of carbonyl (C=O) groups excluding carboxylic acids is 2. The van der Waals surface area contributed by atoms with Crippen molar-refractivity contribution in [2.45, 2.75) is 6.54 Å². The molecule has 0 spiro atoms. The highest BCUT2D eigenvalue weighted by molar-refractivity contribution is 5.94. The van der Waals surface area contributed by atoms with Crippen molar-refractivity contribution in [3.05, 3.63) is 30.7 Å². The van der Waals surface area contributed by atoms with E-state index in [4.69, 9.17) is 5.73 Å². The van der Waals surface area contributed by atoms with Gasteiger partial charge in [0.05, 0.1) is 24.5 Å². The Bertz CT molecular complexity index is 883. The van der Waals surface area contributed by atoms with Crippen LogP contribution in [0.3, 0.4) is 0 Å². The normalized spacial score (nSPS) is 10.7. The van der Waals surface area contributed by atoms with Gasteiger partial charge in [-0.15, -0.1) is 5.10 Å². The van der Waals surface area contributed by atoms with Crippen molar-refractivity contribution in [1.29, 1.82) is 0 Å². The molecule has 23 heavy (non-hydrogen) atoms. The molecule has 10 heteroatoms. The lowest BCUT2D eigenvalue weighted by Crippen LogP contribution is -2.19. The maximum atomic E-state index is 12.4. The lowest BCUT2D eigenvalue weighted by atomic mass is 10.3. The second-order valence-electron chi connectivity index (χ2n) is 4.60. The standard InChI is InChI=1S/C13H13N7O3/c1-23-13(22)17-10-5-16-20(18-10)6-11(21)19-7-15-12-8(14)3-2-4-9(12)19/h2-5,7H,6,14H2,1H3,(H,17,18,22). The van der Waals surface area contributed by atoms with E-state index in [1.807, 2.05) is 0 Å². The first kappa shape index (κ1) is 14.5. The van der Waals surface area contributed by atoms with Gasteiger partial charge in [0.25, 0.3) is 5.91 Å². The number of nitrogens with two attached hydrogens (primary N) is 1. The summed E-state index contributed by atoms with van der Waals surface area (Å²) < 4.78 is 5.82. The molecule has 0 radical (unpaired) electrons. The highest BCUT2D eigenvalue weighted by atomic mass is 16.5. The minimum atomic E-state index is -0.667. The number of amides is 1. The molecule has 3 rings (SSSR count). The highest BCUT2D eigenvalue weighted by Gasteiger charge is 2.14. The second-order valence-corrected chi connectivity index (χ2v) is 4.60. The Labute approximate surface area is 129 Å². The Morgan fingerprint density at radius 1 is 1.39 bits per heavy atom. The molecule has 0 aliphatic carbocycles. The van der Waals surface area contributed by atoms with Crippen LogP contribution >= 0.6 is 0 Å². The second kappa shape index (κ2) is 5.75. The largest absolute Gasteiger partial charge is 0.453 e. The average molecular weight is 315 g/mol. The Hall–Kier alpha value is -3.43. The van der Waals surface area contributed by atoms with Gasteiger partial charge in [0, 0.05) is 0 Å². The van der Waals surface area contributed by atoms with E-state index in [-0.39, 0.29) is 18.3 Å². The predicted molar refractivity (Wildman–Crippen MR) is 80.8 cm³/mol. The molecule has 1 aromatic carbocycles. The molecule has 1 amide bonds. The van der Waals surface area contributed by atoms with Crippen LogP contribution in [0, 0.1) is 0 Å². The topological polar surface area (TPSA) is 130 Å². The van der Waals surface area contributed by atoms with Crippen molar-refractivity contribution in [3.63, 3.8) is 0 Å². The number of carbonyl (C=O) groups is 2. The first-order valence-corrected chi connectivity index (χ1v) is 6.58. The van der Waals surface area contributed by atoms with E-state index in [2.05, 4.69) is 25.2 Å². The molecule has 0 unspecified atom stereocenters. The number of anilines is 2. The molecule has 0 atom stereocenters. The molecule has 2 aromatic heterocycles. The summed E-state index contributed by atoms with van der Waals surface area (Å²) in [4.78, 5) is 28.7. The number of methoxy groups -OCH3 is 1. The average Bonchev–Trinajstić information content (AvgIpc) is 3.14. The third-order valence-electron chi connectivity index (χ3n) is 3.11. The number of nitrogen functional groups attached to an aromatic ring is 1. The summed E-state index contributed by atoms with van der Waals surface area (Å²) in [7, 11) is 1.24. The van der Waals surface area contributed by atoms with E-state index < -0.39 is 6.09 Å². The number of para-hydroxylation sites is 1. The monoisotopic (exact) mass is 315 g/mol. The zero-order chi connectivity index (χ0) is 16.4. The lowest BCUT2D eigenvalue weighted by Gasteiger charge is -2.03. The van der Waals surface area contributed by atoms with Gasteiger partial charge >= 0.3 is 6.09 Å². The van der Waals surface area contributed by atoms with Crippen LogP contribution < -0.4 is 11.1 Å². The van der Waals surface area contributed by atoms with Crippen LogP contribution in [0.1, 0.15) is 4.79 Å². The summed E-state index contributed by atoms with van der Waals surface area (Å²) in [5.74, 6) is -0.109.